The standard InChI is InChI=1S/C10H17BrN4/c1-6(10(2,3)4)15-9-7(11)8(12)13-5-14-9/h5-6H,1-4H3,(H3,12,13,14,15). The van der Waals surface area contributed by atoms with Gasteiger partial charge >= 0.3 is 0 Å². The first-order valence-corrected chi connectivity index (χ1v) is 5.64. The van der Waals surface area contributed by atoms with Gasteiger partial charge in [-0.3, -0.25) is 0 Å². The van der Waals surface area contributed by atoms with E-state index in [1.165, 1.54) is 6.33 Å². The Balaban J connectivity index is 2.86. The van der Waals surface area contributed by atoms with Crippen LogP contribution in [-0.4, -0.2) is 16.0 Å². The Morgan fingerprint density at radius 2 is 2.00 bits per heavy atom. The molecule has 1 aromatic heterocycles. The van der Waals surface area contributed by atoms with E-state index in [-0.39, 0.29) is 5.41 Å². The molecule has 0 bridgehead atoms. The minimum absolute atomic E-state index is 0.166. The molecule has 0 aliphatic heterocycles. The van der Waals surface area contributed by atoms with Crippen molar-refractivity contribution in [3.05, 3.63) is 10.8 Å². The first kappa shape index (κ1) is 12.2. The number of nitrogens with one attached hydrogen (secondary N) is 1. The number of hydrogen-bond donors (Lipinski definition) is 2. The number of aromatic nitrogens is 2. The van der Waals surface area contributed by atoms with Crippen LogP contribution in [0.5, 0.6) is 0 Å². The maximum absolute atomic E-state index is 5.67. The zero-order valence-corrected chi connectivity index (χ0v) is 11.1. The SMILES string of the molecule is CC(Nc1ncnc(N)c1Br)C(C)(C)C. The average molecular weight is 273 g/mol. The molecule has 0 saturated heterocycles. The molecule has 0 fully saturated rings. The molecule has 1 unspecified atom stereocenters. The summed E-state index contributed by atoms with van der Waals surface area (Å²) in [6.07, 6.45) is 1.46. The third kappa shape index (κ3) is 3.06. The highest BCUT2D eigenvalue weighted by atomic mass is 79.9. The van der Waals surface area contributed by atoms with Crippen LogP contribution in [0.4, 0.5) is 11.6 Å². The van der Waals surface area contributed by atoms with Crippen molar-refractivity contribution in [2.24, 2.45) is 5.41 Å². The molecule has 0 aliphatic rings. The molecule has 3 N–H and O–H groups in total. The highest BCUT2D eigenvalue weighted by molar-refractivity contribution is 9.10. The highest BCUT2D eigenvalue weighted by Crippen LogP contribution is 2.28. The van der Waals surface area contributed by atoms with Crippen LogP contribution in [0, 0.1) is 5.41 Å². The first-order chi connectivity index (χ1) is 6.82. The van der Waals surface area contributed by atoms with Crippen LogP contribution in [0.25, 0.3) is 0 Å². The van der Waals surface area contributed by atoms with Gasteiger partial charge in [-0.2, -0.15) is 0 Å². The van der Waals surface area contributed by atoms with E-state index in [4.69, 9.17) is 5.73 Å². The predicted octanol–water partition coefficient (Wildman–Crippen LogP) is 2.67. The Hall–Kier alpha value is -0.840. The maximum atomic E-state index is 5.67. The fourth-order valence-electron chi connectivity index (χ4n) is 0.906. The van der Waals surface area contributed by atoms with Crippen LogP contribution in [0.1, 0.15) is 27.7 Å². The van der Waals surface area contributed by atoms with Gasteiger partial charge < -0.3 is 11.1 Å². The molecule has 1 atom stereocenters. The van der Waals surface area contributed by atoms with E-state index < -0.39 is 0 Å². The third-order valence-electron chi connectivity index (χ3n) is 2.47. The summed E-state index contributed by atoms with van der Waals surface area (Å²) in [5.41, 5.74) is 5.83. The molecule has 0 saturated carbocycles. The van der Waals surface area contributed by atoms with Crippen molar-refractivity contribution in [1.29, 1.82) is 0 Å². The Morgan fingerprint density at radius 3 is 2.53 bits per heavy atom. The summed E-state index contributed by atoms with van der Waals surface area (Å²) in [7, 11) is 0. The van der Waals surface area contributed by atoms with Crippen LogP contribution >= 0.6 is 15.9 Å². The van der Waals surface area contributed by atoms with Crippen LogP contribution in [0.3, 0.4) is 0 Å². The number of nitrogens with two attached hydrogens (primary N) is 1. The zero-order chi connectivity index (χ0) is 11.6. The predicted molar refractivity (Wildman–Crippen MR) is 66.7 cm³/mol. The molecule has 15 heavy (non-hydrogen) atoms. The van der Waals surface area contributed by atoms with E-state index >= 15 is 0 Å². The lowest BCUT2D eigenvalue weighted by Crippen LogP contribution is -2.31. The second kappa shape index (κ2) is 4.35. The quantitative estimate of drug-likeness (QED) is 0.869. The zero-order valence-electron chi connectivity index (χ0n) is 9.50. The number of halogens is 1. The van der Waals surface area contributed by atoms with Crippen LogP contribution in [0.15, 0.2) is 10.8 Å². The molecule has 0 aromatic carbocycles. The fraction of sp³-hybridized carbons (Fsp3) is 0.600. The second-order valence-electron chi connectivity index (χ2n) is 4.65. The summed E-state index contributed by atoms with van der Waals surface area (Å²) in [6.45, 7) is 8.63. The minimum Gasteiger partial charge on any atom is -0.383 e. The smallest absolute Gasteiger partial charge is 0.146 e. The van der Waals surface area contributed by atoms with Gasteiger partial charge in [-0.25, -0.2) is 9.97 Å². The van der Waals surface area contributed by atoms with Crippen molar-refractivity contribution >= 4 is 27.6 Å². The van der Waals surface area contributed by atoms with Gasteiger partial charge in [0.05, 0.1) is 0 Å². The fourth-order valence-corrected chi connectivity index (χ4v) is 1.22. The summed E-state index contributed by atoms with van der Waals surface area (Å²) in [4.78, 5) is 8.03. The minimum atomic E-state index is 0.166. The Morgan fingerprint density at radius 1 is 1.40 bits per heavy atom. The molecule has 5 heteroatoms. The molecule has 1 aromatic rings. The summed E-state index contributed by atoms with van der Waals surface area (Å²) >= 11 is 3.36. The van der Waals surface area contributed by atoms with Crippen molar-refractivity contribution in [3.63, 3.8) is 0 Å². The largest absolute Gasteiger partial charge is 0.383 e. The number of rotatable bonds is 2. The van der Waals surface area contributed by atoms with E-state index in [1.807, 2.05) is 0 Å². The van der Waals surface area contributed by atoms with Gasteiger partial charge in [0.15, 0.2) is 0 Å². The molecular formula is C10H17BrN4. The van der Waals surface area contributed by atoms with Crippen molar-refractivity contribution in [1.82, 2.24) is 9.97 Å². The Kier molecular flexibility index (Phi) is 3.54. The Bertz CT molecular complexity index is 346. The van der Waals surface area contributed by atoms with Crippen LogP contribution < -0.4 is 11.1 Å². The molecule has 0 aliphatic carbocycles. The number of nitrogens with zero attached hydrogens (tertiary/aromatic N) is 2. The van der Waals surface area contributed by atoms with E-state index in [1.54, 1.807) is 0 Å². The topological polar surface area (TPSA) is 63.8 Å². The van der Waals surface area contributed by atoms with Gasteiger partial charge in [0.2, 0.25) is 0 Å². The summed E-state index contributed by atoms with van der Waals surface area (Å²) < 4.78 is 0.723. The van der Waals surface area contributed by atoms with Crippen LogP contribution in [0.2, 0.25) is 0 Å². The van der Waals surface area contributed by atoms with E-state index in [2.05, 4.69) is 58.9 Å². The molecule has 0 amide bonds. The third-order valence-corrected chi connectivity index (χ3v) is 3.25. The summed E-state index contributed by atoms with van der Waals surface area (Å²) in [5, 5.41) is 3.31. The van der Waals surface area contributed by atoms with Crippen LogP contribution in [-0.2, 0) is 0 Å². The van der Waals surface area contributed by atoms with Gasteiger partial charge in [-0.05, 0) is 28.3 Å². The molecule has 1 rings (SSSR count). The van der Waals surface area contributed by atoms with Gasteiger partial charge in [0, 0.05) is 6.04 Å². The van der Waals surface area contributed by atoms with Gasteiger partial charge in [-0.15, -0.1) is 0 Å². The lowest BCUT2D eigenvalue weighted by atomic mass is 9.88. The number of nitrogen functional groups attached to an aromatic ring is 1. The van der Waals surface area contributed by atoms with E-state index in [0.29, 0.717) is 11.9 Å². The monoisotopic (exact) mass is 272 g/mol. The summed E-state index contributed by atoms with van der Waals surface area (Å²) in [6, 6.07) is 0.295. The molecule has 0 spiro atoms. The van der Waals surface area contributed by atoms with Crippen molar-refractivity contribution < 1.29 is 0 Å². The maximum Gasteiger partial charge on any atom is 0.146 e. The first-order valence-electron chi connectivity index (χ1n) is 4.85. The van der Waals surface area contributed by atoms with Gasteiger partial charge in [0.1, 0.15) is 22.4 Å². The molecular weight excluding hydrogens is 256 g/mol. The number of anilines is 2. The average Bonchev–Trinajstić information content (AvgIpc) is 2.11. The van der Waals surface area contributed by atoms with Crippen molar-refractivity contribution in [3.8, 4) is 0 Å². The normalized spacial score (nSPS) is 13.7. The molecule has 84 valence electrons. The van der Waals surface area contributed by atoms with Gasteiger partial charge in [0.25, 0.3) is 0 Å². The molecule has 1 heterocycles. The molecule has 4 nitrogen and oxygen atoms in total. The lowest BCUT2D eigenvalue weighted by Gasteiger charge is -2.28. The van der Waals surface area contributed by atoms with Crippen molar-refractivity contribution in [2.45, 2.75) is 33.7 Å². The molecule has 0 radical (unpaired) electrons. The lowest BCUT2D eigenvalue weighted by molar-refractivity contribution is 0.358. The summed E-state index contributed by atoms with van der Waals surface area (Å²) in [5.74, 6) is 1.19. The second-order valence-corrected chi connectivity index (χ2v) is 5.45. The number of hydrogen-bond acceptors (Lipinski definition) is 4. The van der Waals surface area contributed by atoms with E-state index in [0.717, 1.165) is 10.3 Å². The van der Waals surface area contributed by atoms with Gasteiger partial charge in [-0.1, -0.05) is 20.8 Å². The highest BCUT2D eigenvalue weighted by Gasteiger charge is 2.21. The van der Waals surface area contributed by atoms with Crippen molar-refractivity contribution in [2.75, 3.05) is 11.1 Å². The Labute approximate surface area is 98.8 Å². The van der Waals surface area contributed by atoms with E-state index in [9.17, 15) is 0 Å².